The van der Waals surface area contributed by atoms with E-state index in [1.807, 2.05) is 0 Å². The van der Waals surface area contributed by atoms with E-state index in [9.17, 15) is 0 Å². The smallest absolute Gasteiger partial charge is 0.106 e. The van der Waals surface area contributed by atoms with Gasteiger partial charge in [0.2, 0.25) is 0 Å². The van der Waals surface area contributed by atoms with E-state index in [-0.39, 0.29) is 0 Å². The predicted octanol–water partition coefficient (Wildman–Crippen LogP) is 3.79. The van der Waals surface area contributed by atoms with Gasteiger partial charge in [-0.2, -0.15) is 0 Å². The first-order chi connectivity index (χ1) is 9.09. The number of hydrogen-bond donors (Lipinski definition) is 1. The van der Waals surface area contributed by atoms with Gasteiger partial charge < -0.3 is 10.6 Å². The average Bonchev–Trinajstić information content (AvgIpc) is 2.66. The molecule has 2 N–H and O–H groups in total. The molecule has 0 aromatic heterocycles. The molecule has 0 atom stereocenters. The molecule has 2 rings (SSSR count). The number of nitrogens with zero attached hydrogens (tertiary/aromatic N) is 1. The van der Waals surface area contributed by atoms with E-state index in [0.717, 1.165) is 5.56 Å². The summed E-state index contributed by atoms with van der Waals surface area (Å²) in [6.07, 6.45) is 7.98. The van der Waals surface area contributed by atoms with Crippen LogP contribution in [-0.2, 0) is 0 Å². The third-order valence-corrected chi connectivity index (χ3v) is 4.39. The van der Waals surface area contributed by atoms with Gasteiger partial charge in [0.1, 0.15) is 4.99 Å². The van der Waals surface area contributed by atoms with Crippen molar-refractivity contribution < 1.29 is 0 Å². The maximum Gasteiger partial charge on any atom is 0.106 e. The Kier molecular flexibility index (Phi) is 4.81. The van der Waals surface area contributed by atoms with Crippen LogP contribution < -0.4 is 10.6 Å². The first-order valence-electron chi connectivity index (χ1n) is 7.23. The van der Waals surface area contributed by atoms with Gasteiger partial charge in [0.25, 0.3) is 0 Å². The number of aryl methyl sites for hydroxylation is 1. The molecule has 1 saturated carbocycles. The molecule has 1 aromatic carbocycles. The zero-order valence-electron chi connectivity index (χ0n) is 12.0. The summed E-state index contributed by atoms with van der Waals surface area (Å²) in [5.41, 5.74) is 9.30. The molecular formula is C16H24N2S. The van der Waals surface area contributed by atoms with Crippen molar-refractivity contribution in [3.05, 3.63) is 29.3 Å². The molecule has 1 fully saturated rings. The fourth-order valence-electron chi connectivity index (χ4n) is 3.00. The van der Waals surface area contributed by atoms with Crippen LogP contribution >= 0.6 is 12.2 Å². The lowest BCUT2D eigenvalue weighted by Gasteiger charge is -2.31. The molecule has 1 aliphatic rings. The van der Waals surface area contributed by atoms with Crippen LogP contribution in [0, 0.1) is 6.92 Å². The summed E-state index contributed by atoms with van der Waals surface area (Å²) in [5, 5.41) is 0. The number of thiocarbonyl (C=S) groups is 1. The van der Waals surface area contributed by atoms with Gasteiger partial charge in [-0.3, -0.25) is 0 Å². The van der Waals surface area contributed by atoms with Crippen LogP contribution in [0.25, 0.3) is 0 Å². The molecule has 0 radical (unpaired) electrons. The van der Waals surface area contributed by atoms with E-state index >= 15 is 0 Å². The van der Waals surface area contributed by atoms with Crippen LogP contribution in [0.1, 0.15) is 49.7 Å². The lowest BCUT2D eigenvalue weighted by Crippen LogP contribution is -2.32. The topological polar surface area (TPSA) is 29.3 Å². The van der Waals surface area contributed by atoms with Gasteiger partial charge in [0.15, 0.2) is 0 Å². The first kappa shape index (κ1) is 14.3. The molecule has 0 spiro atoms. The van der Waals surface area contributed by atoms with Crippen LogP contribution in [0.4, 0.5) is 5.69 Å². The van der Waals surface area contributed by atoms with Crippen molar-refractivity contribution in [1.82, 2.24) is 0 Å². The number of rotatable bonds is 3. The molecule has 3 heteroatoms. The van der Waals surface area contributed by atoms with Gasteiger partial charge in [0, 0.05) is 24.3 Å². The first-order valence-corrected chi connectivity index (χ1v) is 7.63. The SMILES string of the molecule is Cc1ccc(N(C)C2CCCCCC2)c(C(N)=S)c1. The highest BCUT2D eigenvalue weighted by atomic mass is 32.1. The molecule has 1 aliphatic carbocycles. The summed E-state index contributed by atoms with van der Waals surface area (Å²) in [7, 11) is 2.18. The predicted molar refractivity (Wildman–Crippen MR) is 87.0 cm³/mol. The zero-order chi connectivity index (χ0) is 13.8. The molecule has 0 heterocycles. The van der Waals surface area contributed by atoms with Crippen molar-refractivity contribution in [3.8, 4) is 0 Å². The minimum Gasteiger partial charge on any atom is -0.389 e. The van der Waals surface area contributed by atoms with E-state index in [4.69, 9.17) is 18.0 Å². The highest BCUT2D eigenvalue weighted by molar-refractivity contribution is 7.80. The lowest BCUT2D eigenvalue weighted by molar-refractivity contribution is 0.553. The lowest BCUT2D eigenvalue weighted by atomic mass is 10.0. The Hall–Kier alpha value is -1.09. The third-order valence-electron chi connectivity index (χ3n) is 4.17. The standard InChI is InChI=1S/C16H24N2S/c1-12-9-10-15(14(11-12)16(17)19)18(2)13-7-5-3-4-6-8-13/h9-11,13H,3-8H2,1-2H3,(H2,17,19). The van der Waals surface area contributed by atoms with E-state index in [1.165, 1.54) is 49.8 Å². The monoisotopic (exact) mass is 276 g/mol. The van der Waals surface area contributed by atoms with Crippen LogP contribution in [0.15, 0.2) is 18.2 Å². The van der Waals surface area contributed by atoms with Gasteiger partial charge in [-0.25, -0.2) is 0 Å². The summed E-state index contributed by atoms with van der Waals surface area (Å²) < 4.78 is 0. The van der Waals surface area contributed by atoms with Gasteiger partial charge in [0.05, 0.1) is 0 Å². The Bertz CT molecular complexity index is 448. The Morgan fingerprint density at radius 1 is 1.21 bits per heavy atom. The Balaban J connectivity index is 2.26. The molecular weight excluding hydrogens is 252 g/mol. The van der Waals surface area contributed by atoms with Gasteiger partial charge >= 0.3 is 0 Å². The summed E-state index contributed by atoms with van der Waals surface area (Å²) in [5.74, 6) is 0. The maximum absolute atomic E-state index is 5.89. The van der Waals surface area contributed by atoms with E-state index in [0.29, 0.717) is 11.0 Å². The maximum atomic E-state index is 5.89. The van der Waals surface area contributed by atoms with Crippen molar-refractivity contribution in [1.29, 1.82) is 0 Å². The zero-order valence-corrected chi connectivity index (χ0v) is 12.8. The molecule has 0 bridgehead atoms. The van der Waals surface area contributed by atoms with Crippen molar-refractivity contribution in [2.45, 2.75) is 51.5 Å². The van der Waals surface area contributed by atoms with Crippen molar-refractivity contribution in [2.75, 3.05) is 11.9 Å². The van der Waals surface area contributed by atoms with Crippen LogP contribution in [0.5, 0.6) is 0 Å². The highest BCUT2D eigenvalue weighted by Crippen LogP contribution is 2.28. The molecule has 19 heavy (non-hydrogen) atoms. The third kappa shape index (κ3) is 3.47. The summed E-state index contributed by atoms with van der Waals surface area (Å²) in [6.45, 7) is 2.08. The highest BCUT2D eigenvalue weighted by Gasteiger charge is 2.19. The van der Waals surface area contributed by atoms with Gasteiger partial charge in [-0.05, 0) is 31.9 Å². The van der Waals surface area contributed by atoms with Gasteiger partial charge in [-0.15, -0.1) is 0 Å². The number of nitrogens with two attached hydrogens (primary N) is 1. The summed E-state index contributed by atoms with van der Waals surface area (Å²) in [4.78, 5) is 2.89. The van der Waals surface area contributed by atoms with Crippen LogP contribution in [0.3, 0.4) is 0 Å². The van der Waals surface area contributed by atoms with Crippen molar-refractivity contribution in [3.63, 3.8) is 0 Å². The summed E-state index contributed by atoms with van der Waals surface area (Å²) in [6, 6.07) is 7.03. The fraction of sp³-hybridized carbons (Fsp3) is 0.562. The van der Waals surface area contributed by atoms with Crippen molar-refractivity contribution in [2.24, 2.45) is 5.73 Å². The minimum absolute atomic E-state index is 0.499. The van der Waals surface area contributed by atoms with Crippen LogP contribution in [-0.4, -0.2) is 18.1 Å². The molecule has 104 valence electrons. The van der Waals surface area contributed by atoms with E-state index < -0.39 is 0 Å². The second-order valence-electron chi connectivity index (χ2n) is 5.64. The van der Waals surface area contributed by atoms with Crippen molar-refractivity contribution >= 4 is 22.9 Å². The van der Waals surface area contributed by atoms with Gasteiger partial charge in [-0.1, -0.05) is 49.5 Å². The second kappa shape index (κ2) is 6.38. The normalized spacial score (nSPS) is 16.9. The number of anilines is 1. The Morgan fingerprint density at radius 3 is 2.42 bits per heavy atom. The average molecular weight is 276 g/mol. The fourth-order valence-corrected chi connectivity index (χ4v) is 3.16. The molecule has 2 nitrogen and oxygen atoms in total. The quantitative estimate of drug-likeness (QED) is 0.673. The largest absolute Gasteiger partial charge is 0.389 e. The van der Waals surface area contributed by atoms with E-state index in [2.05, 4.69) is 37.1 Å². The molecule has 0 aliphatic heterocycles. The number of benzene rings is 1. The Labute approximate surface area is 122 Å². The minimum atomic E-state index is 0.499. The molecule has 0 amide bonds. The second-order valence-corrected chi connectivity index (χ2v) is 6.08. The van der Waals surface area contributed by atoms with E-state index in [1.54, 1.807) is 0 Å². The van der Waals surface area contributed by atoms with Crippen LogP contribution in [0.2, 0.25) is 0 Å². The summed E-state index contributed by atoms with van der Waals surface area (Å²) >= 11 is 5.21. The molecule has 0 unspecified atom stereocenters. The molecule has 1 aromatic rings. The number of hydrogen-bond acceptors (Lipinski definition) is 2. The molecule has 0 saturated heterocycles. The Morgan fingerprint density at radius 2 is 1.84 bits per heavy atom.